The molecule has 0 radical (unpaired) electrons. The van der Waals surface area contributed by atoms with E-state index in [9.17, 15) is 0 Å². The Bertz CT molecular complexity index is 1830. The molecule has 1 heterocycles. The number of rotatable bonds is 8. The highest BCUT2D eigenvalue weighted by atomic mass is 16.5. The van der Waals surface area contributed by atoms with Crippen LogP contribution in [0.15, 0.2) is 152 Å². The van der Waals surface area contributed by atoms with Gasteiger partial charge in [0.05, 0.1) is 12.6 Å². The normalized spacial score (nSPS) is 11.6. The number of nitrogens with zero attached hydrogens (tertiary/aromatic N) is 1. The summed E-state index contributed by atoms with van der Waals surface area (Å²) in [7, 11) is 1.69. The van der Waals surface area contributed by atoms with Crippen LogP contribution in [0.25, 0.3) is 34.3 Å². The number of fused-ring (bicyclic) bond motifs is 3. The van der Waals surface area contributed by atoms with E-state index in [1.165, 1.54) is 22.4 Å². The molecular formula is C48H57NO. The molecule has 1 aromatic heterocycles. The summed E-state index contributed by atoms with van der Waals surface area (Å²) in [6.45, 7) is 25.5. The van der Waals surface area contributed by atoms with Gasteiger partial charge >= 0.3 is 0 Å². The summed E-state index contributed by atoms with van der Waals surface area (Å²) in [6, 6.07) is 24.7. The number of benzene rings is 3. The van der Waals surface area contributed by atoms with Crippen molar-refractivity contribution in [1.29, 1.82) is 0 Å². The van der Waals surface area contributed by atoms with Crippen LogP contribution < -0.4 is 4.74 Å². The molecule has 3 aromatic carbocycles. The van der Waals surface area contributed by atoms with Gasteiger partial charge in [-0.05, 0) is 68.7 Å². The average Bonchev–Trinajstić information content (AvgIpc) is 3.33. The fourth-order valence-electron chi connectivity index (χ4n) is 5.09. The molecule has 260 valence electrons. The number of aromatic nitrogens is 1. The maximum absolute atomic E-state index is 5.68. The molecule has 1 aliphatic carbocycles. The lowest BCUT2D eigenvalue weighted by molar-refractivity contribution is 0.414. The van der Waals surface area contributed by atoms with Crippen molar-refractivity contribution in [2.24, 2.45) is 0 Å². The molecule has 50 heavy (non-hydrogen) atoms. The highest BCUT2D eigenvalue weighted by Gasteiger charge is 2.21. The molecule has 1 aliphatic rings. The number of allylic oxidation sites excluding steroid dienone is 11. The topological polar surface area (TPSA) is 14.2 Å². The molecule has 0 bridgehead atoms. The molecule has 4 aromatic rings. The minimum absolute atomic E-state index is 0.805. The van der Waals surface area contributed by atoms with Gasteiger partial charge < -0.3 is 9.30 Å². The average molecular weight is 664 g/mol. The molecule has 0 aliphatic heterocycles. The highest BCUT2D eigenvalue weighted by molar-refractivity contribution is 6.00. The summed E-state index contributed by atoms with van der Waals surface area (Å²) in [5.41, 5.74) is 10.4. The number of hydrogen-bond donors (Lipinski definition) is 0. The van der Waals surface area contributed by atoms with Crippen LogP contribution in [-0.2, 0) is 6.42 Å². The lowest BCUT2D eigenvalue weighted by atomic mass is 10.0. The maximum Gasteiger partial charge on any atom is 0.128 e. The molecule has 0 fully saturated rings. The standard InChI is InChI=1S/C24H19NO.C11H12.C9H14.2C2H6/c1-4-17-10-9-13-22-21(16-17)20-14-15-23(26-3)19(5-2)24(20)25(22)18-11-7-6-8-12-18;1-3-7-10(2)11-8-5-4-6-9-11;1-4-6-7-8-9(3)5-2;2*1-2/h1,5-12,14-16H,2,13H2,3H3;3-9H,1H2,2H3;4-7H,1,8H2,2-3H3;2*1-2H3/b;10-7+;7-6-,9-5-;;. The quantitative estimate of drug-likeness (QED) is 0.104. The SMILES string of the molecule is C#CC1=Cc2c(n(-c3ccccc3)c3c(C=C)c(OC)ccc23)CC=C1.C=C/C=C(\C)c1ccccc1.C=C/C=C\C/C(C)=C\C.CC.CC. The maximum atomic E-state index is 5.68. The summed E-state index contributed by atoms with van der Waals surface area (Å²) in [6.07, 6.45) is 27.4. The van der Waals surface area contributed by atoms with E-state index in [4.69, 9.17) is 11.2 Å². The molecule has 0 atom stereocenters. The third kappa shape index (κ3) is 12.2. The minimum atomic E-state index is 0.805. The van der Waals surface area contributed by atoms with E-state index < -0.39 is 0 Å². The lowest BCUT2D eigenvalue weighted by Crippen LogP contribution is -2.01. The molecule has 0 unspecified atom stereocenters. The summed E-state index contributed by atoms with van der Waals surface area (Å²) in [4.78, 5) is 0. The van der Waals surface area contributed by atoms with Crippen molar-refractivity contribution in [3.8, 4) is 23.8 Å². The van der Waals surface area contributed by atoms with E-state index in [0.29, 0.717) is 0 Å². The van der Waals surface area contributed by atoms with E-state index in [1.54, 1.807) is 13.2 Å². The van der Waals surface area contributed by atoms with E-state index in [1.807, 2.05) is 88.4 Å². The van der Waals surface area contributed by atoms with Crippen LogP contribution in [0.3, 0.4) is 0 Å². The Kier molecular flexibility index (Phi) is 20.9. The molecule has 0 spiro atoms. The van der Waals surface area contributed by atoms with Crippen LogP contribution in [0.5, 0.6) is 5.75 Å². The summed E-state index contributed by atoms with van der Waals surface area (Å²) in [5, 5.41) is 1.15. The number of hydrogen-bond acceptors (Lipinski definition) is 1. The van der Waals surface area contributed by atoms with Crippen molar-refractivity contribution < 1.29 is 4.74 Å². The second-order valence-electron chi connectivity index (χ2n) is 10.6. The Morgan fingerprint density at radius 2 is 1.54 bits per heavy atom. The van der Waals surface area contributed by atoms with Gasteiger partial charge in [-0.3, -0.25) is 0 Å². The Labute approximate surface area is 303 Å². The largest absolute Gasteiger partial charge is 0.496 e. The van der Waals surface area contributed by atoms with Crippen molar-refractivity contribution >= 4 is 28.6 Å². The van der Waals surface area contributed by atoms with Crippen molar-refractivity contribution in [2.75, 3.05) is 7.11 Å². The fourth-order valence-corrected chi connectivity index (χ4v) is 5.09. The Morgan fingerprint density at radius 1 is 0.900 bits per heavy atom. The van der Waals surface area contributed by atoms with Crippen molar-refractivity contribution in [2.45, 2.75) is 61.3 Å². The van der Waals surface area contributed by atoms with Gasteiger partial charge in [-0.15, -0.1) is 6.42 Å². The van der Waals surface area contributed by atoms with E-state index in [-0.39, 0.29) is 0 Å². The molecular weight excluding hydrogens is 607 g/mol. The molecule has 0 N–H and O–H groups in total. The van der Waals surface area contributed by atoms with Gasteiger partial charge in [0.2, 0.25) is 0 Å². The number of para-hydroxylation sites is 1. The van der Waals surface area contributed by atoms with Crippen molar-refractivity contribution in [3.63, 3.8) is 0 Å². The predicted molar refractivity (Wildman–Crippen MR) is 226 cm³/mol. The van der Waals surface area contributed by atoms with E-state index in [2.05, 4.69) is 118 Å². The first-order chi connectivity index (χ1) is 24.4. The third-order valence-corrected chi connectivity index (χ3v) is 7.59. The van der Waals surface area contributed by atoms with Gasteiger partial charge in [0, 0.05) is 39.9 Å². The van der Waals surface area contributed by atoms with Gasteiger partial charge in [0.1, 0.15) is 5.75 Å². The van der Waals surface area contributed by atoms with Crippen LogP contribution in [0.2, 0.25) is 0 Å². The zero-order valence-electron chi connectivity index (χ0n) is 31.7. The second-order valence-corrected chi connectivity index (χ2v) is 10.6. The lowest BCUT2D eigenvalue weighted by Gasteiger charge is -2.13. The van der Waals surface area contributed by atoms with Crippen LogP contribution in [-0.4, -0.2) is 11.7 Å². The van der Waals surface area contributed by atoms with Crippen molar-refractivity contribution in [3.05, 3.63) is 175 Å². The zero-order chi connectivity index (χ0) is 37.3. The zero-order valence-corrected chi connectivity index (χ0v) is 31.7. The monoisotopic (exact) mass is 663 g/mol. The Balaban J connectivity index is 0.000000432. The van der Waals surface area contributed by atoms with Gasteiger partial charge in [-0.25, -0.2) is 0 Å². The fraction of sp³-hybridized carbons (Fsp3) is 0.208. The molecule has 2 heteroatoms. The molecule has 0 saturated heterocycles. The smallest absolute Gasteiger partial charge is 0.128 e. The van der Waals surface area contributed by atoms with Crippen LogP contribution in [0, 0.1) is 12.3 Å². The number of terminal acetylenes is 1. The first kappa shape index (κ1) is 42.5. The molecule has 0 amide bonds. The summed E-state index contributed by atoms with van der Waals surface area (Å²) >= 11 is 0. The van der Waals surface area contributed by atoms with Gasteiger partial charge in [0.15, 0.2) is 0 Å². The Hall–Kier alpha value is -5.52. The molecule has 2 nitrogen and oxygen atoms in total. The molecule has 5 rings (SSSR count). The first-order valence-corrected chi connectivity index (χ1v) is 17.4. The number of methoxy groups -OCH3 is 1. The van der Waals surface area contributed by atoms with E-state index in [0.717, 1.165) is 51.9 Å². The van der Waals surface area contributed by atoms with Crippen LogP contribution in [0.4, 0.5) is 0 Å². The highest BCUT2D eigenvalue weighted by Crippen LogP contribution is 2.39. The summed E-state index contributed by atoms with van der Waals surface area (Å²) in [5.74, 6) is 3.58. The van der Waals surface area contributed by atoms with Crippen LogP contribution in [0.1, 0.15) is 77.3 Å². The minimum Gasteiger partial charge on any atom is -0.496 e. The van der Waals surface area contributed by atoms with Gasteiger partial charge in [-0.2, -0.15) is 0 Å². The molecule has 0 saturated carbocycles. The van der Waals surface area contributed by atoms with Gasteiger partial charge in [-0.1, -0.05) is 162 Å². The number of ether oxygens (including phenoxy) is 1. The predicted octanol–water partition coefficient (Wildman–Crippen LogP) is 13.8. The summed E-state index contributed by atoms with van der Waals surface area (Å²) < 4.78 is 7.88. The van der Waals surface area contributed by atoms with Crippen LogP contribution >= 0.6 is 0 Å². The first-order valence-electron chi connectivity index (χ1n) is 17.4. The van der Waals surface area contributed by atoms with Crippen molar-refractivity contribution in [1.82, 2.24) is 4.57 Å². The van der Waals surface area contributed by atoms with E-state index >= 15 is 0 Å². The Morgan fingerprint density at radius 3 is 2.08 bits per heavy atom. The third-order valence-electron chi connectivity index (χ3n) is 7.59. The van der Waals surface area contributed by atoms with Gasteiger partial charge in [0.25, 0.3) is 0 Å². The second kappa shape index (κ2) is 24.6.